The molecule has 0 atom stereocenters. The summed E-state index contributed by atoms with van der Waals surface area (Å²) in [5, 5.41) is 2.29. The van der Waals surface area contributed by atoms with Crippen LogP contribution in [0.25, 0.3) is 83.5 Å². The third-order valence-corrected chi connectivity index (χ3v) is 12.0. The Morgan fingerprint density at radius 3 is 1.75 bits per heavy atom. The van der Waals surface area contributed by atoms with E-state index in [0.29, 0.717) is 0 Å². The van der Waals surface area contributed by atoms with E-state index in [1.54, 1.807) is 6.20 Å². The molecule has 7 aromatic carbocycles. The minimum absolute atomic E-state index is 0.736. The summed E-state index contributed by atoms with van der Waals surface area (Å²) < 4.78 is 14.7. The van der Waals surface area contributed by atoms with Crippen LogP contribution in [-0.2, 0) is 19.4 Å². The van der Waals surface area contributed by atoms with Gasteiger partial charge in [0, 0.05) is 18.0 Å². The average Bonchev–Trinajstić information content (AvgIpc) is 3.80. The molecule has 4 heterocycles. The second-order valence-corrected chi connectivity index (χ2v) is 15.6. The summed E-state index contributed by atoms with van der Waals surface area (Å²) in [5.74, 6) is 2.30. The molecule has 0 saturated carbocycles. The van der Waals surface area contributed by atoms with Crippen molar-refractivity contribution in [1.29, 1.82) is 0 Å². The number of pyridine rings is 2. The first-order valence-electron chi connectivity index (χ1n) is 19.8. The Bertz CT molecular complexity index is 3350. The number of para-hydroxylation sites is 4. The normalized spacial score (nSPS) is 11.4. The van der Waals surface area contributed by atoms with Crippen LogP contribution in [0.2, 0.25) is 0 Å². The van der Waals surface area contributed by atoms with E-state index in [4.69, 9.17) is 9.72 Å². The van der Waals surface area contributed by atoms with E-state index in [0.717, 1.165) is 98.8 Å². The van der Waals surface area contributed by atoms with E-state index in [2.05, 4.69) is 214 Å². The van der Waals surface area contributed by atoms with E-state index in [9.17, 15) is 0 Å². The third kappa shape index (κ3) is 6.21. The van der Waals surface area contributed by atoms with Gasteiger partial charge in [-0.3, -0.25) is 4.98 Å². The van der Waals surface area contributed by atoms with Gasteiger partial charge in [-0.25, -0.2) is 0 Å². The van der Waals surface area contributed by atoms with Crippen LogP contribution < -0.4 is 4.74 Å². The fraction of sp³-hybridized carbons (Fsp3) is 0. The molecule has 0 amide bonds. The van der Waals surface area contributed by atoms with Crippen LogP contribution in [0.15, 0.2) is 213 Å². The zero-order valence-electron chi connectivity index (χ0n) is 32.2. The number of rotatable bonds is 8. The zero-order chi connectivity index (χ0) is 40.0. The number of aromatic nitrogens is 5. The molecule has 0 aliphatic carbocycles. The fourth-order valence-corrected chi connectivity index (χ4v) is 9.44. The molecule has 0 spiro atoms. The van der Waals surface area contributed by atoms with Crippen LogP contribution in [-0.4, -0.2) is 23.7 Å². The van der Waals surface area contributed by atoms with Gasteiger partial charge in [-0.05, 0) is 18.2 Å². The topological polar surface area (TPSA) is 49.8 Å². The van der Waals surface area contributed by atoms with E-state index in [1.165, 1.54) is 0 Å². The molecule has 7 heteroatoms. The maximum atomic E-state index is 6.75. The molecule has 0 bridgehead atoms. The third-order valence-electron chi connectivity index (χ3n) is 11.0. The standard InChI is InChI=1S/C53H35N5O.Pt/c1-3-15-37(16-4-1)43-22-14-23-44(38-17-5-2-6-18-38)53(43)57-36-56(49-26-9-10-27-50(49)57)40-19-13-20-41(33-40)59-42-29-30-46-45-21-7-8-25-48(45)58(51(46)34-42)52-31-28-39(35-55-52)47-24-11-12-32-54-47;/h1-35H;. The van der Waals surface area contributed by atoms with Crippen molar-refractivity contribution < 1.29 is 24.1 Å². The van der Waals surface area contributed by atoms with Crippen LogP contribution in [0.3, 0.4) is 0 Å². The molecular formula is C53H35N5OPt. The summed E-state index contributed by atoms with van der Waals surface area (Å²) >= 11 is 2.49. The van der Waals surface area contributed by atoms with Crippen molar-refractivity contribution >= 4 is 32.8 Å². The van der Waals surface area contributed by atoms with Gasteiger partial charge in [0.2, 0.25) is 0 Å². The Labute approximate surface area is 357 Å². The predicted octanol–water partition coefficient (Wildman–Crippen LogP) is 13.2. The number of ether oxygens (including phenoxy) is 1. The van der Waals surface area contributed by atoms with Crippen LogP contribution in [0.5, 0.6) is 11.5 Å². The SMILES string of the molecule is [Pt]=[c]1n(-c2cccc(Oc3ccc4c5ccccc5n(-c5ccc(-c6ccccn6)cn5)c4c3)c2)c2ccccc2n1-c1c(-c2ccccc2)cccc1-c1ccccc1. The number of hydrogen-bond donors (Lipinski definition) is 0. The molecule has 0 radical (unpaired) electrons. The zero-order valence-corrected chi connectivity index (χ0v) is 34.4. The van der Waals surface area contributed by atoms with Crippen molar-refractivity contribution in [3.63, 3.8) is 0 Å². The molecule has 288 valence electrons. The first-order valence-corrected chi connectivity index (χ1v) is 20.9. The molecule has 0 fully saturated rings. The average molecular weight is 953 g/mol. The number of imidazole rings is 1. The van der Waals surface area contributed by atoms with Crippen LogP contribution in [0, 0.1) is 3.80 Å². The number of nitrogens with zero attached hydrogens (tertiary/aromatic N) is 5. The summed E-state index contributed by atoms with van der Waals surface area (Å²) in [6.45, 7) is 0. The van der Waals surface area contributed by atoms with Crippen LogP contribution in [0.4, 0.5) is 0 Å². The molecule has 0 unspecified atom stereocenters. The minimum atomic E-state index is 0.736. The quantitative estimate of drug-likeness (QED) is 0.152. The monoisotopic (exact) mass is 952 g/mol. The molecule has 0 saturated heterocycles. The van der Waals surface area contributed by atoms with E-state index < -0.39 is 0 Å². The Hall–Kier alpha value is -7.40. The van der Waals surface area contributed by atoms with E-state index >= 15 is 0 Å². The Balaban J connectivity index is 1.02. The molecule has 11 aromatic rings. The maximum absolute atomic E-state index is 6.75. The summed E-state index contributed by atoms with van der Waals surface area (Å²) in [5.41, 5.74) is 12.9. The molecule has 6 nitrogen and oxygen atoms in total. The van der Waals surface area contributed by atoms with E-state index in [1.807, 2.05) is 30.5 Å². The van der Waals surface area contributed by atoms with Crippen molar-refractivity contribution in [2.45, 2.75) is 0 Å². The summed E-state index contributed by atoms with van der Waals surface area (Å²) in [6.07, 6.45) is 3.70. The van der Waals surface area contributed by atoms with Crippen molar-refractivity contribution in [3.8, 4) is 62.2 Å². The van der Waals surface area contributed by atoms with Gasteiger partial charge in [0.05, 0.1) is 5.69 Å². The van der Waals surface area contributed by atoms with Gasteiger partial charge in [-0.1, -0.05) is 18.2 Å². The Morgan fingerprint density at radius 2 is 1.05 bits per heavy atom. The van der Waals surface area contributed by atoms with Gasteiger partial charge in [0.15, 0.2) is 0 Å². The summed E-state index contributed by atoms with van der Waals surface area (Å²) in [6, 6.07) is 69.7. The molecular weight excluding hydrogens is 918 g/mol. The summed E-state index contributed by atoms with van der Waals surface area (Å²) in [4.78, 5) is 9.45. The van der Waals surface area contributed by atoms with Gasteiger partial charge >= 0.3 is 294 Å². The molecule has 0 aliphatic rings. The Kier molecular flexibility index (Phi) is 8.98. The van der Waals surface area contributed by atoms with Crippen molar-refractivity contribution in [2.75, 3.05) is 0 Å². The van der Waals surface area contributed by atoms with Gasteiger partial charge in [0.25, 0.3) is 0 Å². The van der Waals surface area contributed by atoms with Gasteiger partial charge in [0.1, 0.15) is 0 Å². The first-order chi connectivity index (χ1) is 29.7. The number of hydrogen-bond acceptors (Lipinski definition) is 3. The summed E-state index contributed by atoms with van der Waals surface area (Å²) in [7, 11) is 0. The number of benzene rings is 7. The van der Waals surface area contributed by atoms with Gasteiger partial charge < -0.3 is 0 Å². The van der Waals surface area contributed by atoms with Crippen LogP contribution in [0.1, 0.15) is 0 Å². The van der Waals surface area contributed by atoms with Crippen LogP contribution >= 0.6 is 0 Å². The Morgan fingerprint density at radius 1 is 0.417 bits per heavy atom. The van der Waals surface area contributed by atoms with Gasteiger partial charge in [-0.15, -0.1) is 0 Å². The molecule has 4 aromatic heterocycles. The number of fused-ring (bicyclic) bond motifs is 4. The van der Waals surface area contributed by atoms with Crippen molar-refractivity contribution in [3.05, 3.63) is 216 Å². The second kappa shape index (κ2) is 15.1. The fourth-order valence-electron chi connectivity index (χ4n) is 8.34. The predicted molar refractivity (Wildman–Crippen MR) is 239 cm³/mol. The first kappa shape index (κ1) is 35.7. The molecule has 60 heavy (non-hydrogen) atoms. The molecule has 11 rings (SSSR count). The second-order valence-electron chi connectivity index (χ2n) is 14.6. The van der Waals surface area contributed by atoms with Gasteiger partial charge in [-0.2, -0.15) is 0 Å². The molecule has 0 N–H and O–H groups in total. The molecule has 0 aliphatic heterocycles. The van der Waals surface area contributed by atoms with Crippen molar-refractivity contribution in [2.24, 2.45) is 0 Å². The van der Waals surface area contributed by atoms with Crippen molar-refractivity contribution in [1.82, 2.24) is 23.7 Å². The van der Waals surface area contributed by atoms with E-state index in [-0.39, 0.29) is 0 Å².